The minimum atomic E-state index is -0.741. The summed E-state index contributed by atoms with van der Waals surface area (Å²) >= 11 is 12.6. The Morgan fingerprint density at radius 2 is 1.84 bits per heavy atom. The molecule has 0 radical (unpaired) electrons. The van der Waals surface area contributed by atoms with Gasteiger partial charge in [-0.1, -0.05) is 43.1 Å². The van der Waals surface area contributed by atoms with Crippen molar-refractivity contribution in [1.29, 1.82) is 0 Å². The number of nitrogens with one attached hydrogen (secondary N) is 4. The first-order chi connectivity index (χ1) is 21.0. The van der Waals surface area contributed by atoms with Crippen LogP contribution in [0.15, 0.2) is 33.6 Å². The van der Waals surface area contributed by atoms with Gasteiger partial charge in [0, 0.05) is 47.1 Å². The van der Waals surface area contributed by atoms with E-state index < -0.39 is 34.5 Å². The van der Waals surface area contributed by atoms with Crippen molar-refractivity contribution in [1.82, 2.24) is 30.8 Å². The molecule has 1 saturated heterocycles. The Morgan fingerprint density at radius 3 is 2.55 bits per heavy atom. The first-order valence-corrected chi connectivity index (χ1v) is 16.1. The van der Waals surface area contributed by atoms with Gasteiger partial charge in [0.1, 0.15) is 11.0 Å². The molecule has 3 atom stereocenters. The van der Waals surface area contributed by atoms with Crippen molar-refractivity contribution in [3.05, 3.63) is 68.1 Å². The fourth-order valence-electron chi connectivity index (χ4n) is 8.51. The zero-order valence-corrected chi connectivity index (χ0v) is 26.2. The third-order valence-electron chi connectivity index (χ3n) is 10.9. The number of hydrogen-bond donors (Lipinski definition) is 4. The van der Waals surface area contributed by atoms with Crippen molar-refractivity contribution >= 4 is 34.9 Å². The van der Waals surface area contributed by atoms with Crippen LogP contribution in [0.25, 0.3) is 0 Å². The number of amides is 1. The van der Waals surface area contributed by atoms with Crippen molar-refractivity contribution < 1.29 is 13.6 Å². The van der Waals surface area contributed by atoms with E-state index in [4.69, 9.17) is 27.6 Å². The minimum Gasteiger partial charge on any atom is -0.392 e. The third kappa shape index (κ3) is 4.73. The van der Waals surface area contributed by atoms with Gasteiger partial charge in [-0.25, -0.2) is 24.3 Å². The zero-order valence-electron chi connectivity index (χ0n) is 24.7. The number of anilines is 1. The smallest absolute Gasteiger partial charge is 0.392 e. The zero-order chi connectivity index (χ0) is 30.9. The molecule has 4 N–H and O–H groups in total. The summed E-state index contributed by atoms with van der Waals surface area (Å²) in [6, 6.07) is 4.59. The minimum absolute atomic E-state index is 0.0185. The van der Waals surface area contributed by atoms with E-state index in [0.29, 0.717) is 41.8 Å². The van der Waals surface area contributed by atoms with E-state index >= 15 is 4.39 Å². The molecule has 2 saturated carbocycles. The first-order valence-electron chi connectivity index (χ1n) is 15.4. The van der Waals surface area contributed by atoms with Gasteiger partial charge in [0.15, 0.2) is 11.0 Å². The summed E-state index contributed by atoms with van der Waals surface area (Å²) in [6.45, 7) is 5.02. The summed E-state index contributed by atoms with van der Waals surface area (Å²) in [7, 11) is 0. The van der Waals surface area contributed by atoms with Crippen LogP contribution in [-0.2, 0) is 10.2 Å². The molecule has 13 heteroatoms. The lowest BCUT2D eigenvalue weighted by atomic mass is 9.54. The highest BCUT2D eigenvalue weighted by molar-refractivity contribution is 6.29. The molecular weight excluding hydrogens is 608 g/mol. The van der Waals surface area contributed by atoms with Crippen LogP contribution >= 0.6 is 23.2 Å². The lowest BCUT2D eigenvalue weighted by molar-refractivity contribution is -0.124. The average molecular weight is 645 g/mol. The number of H-pyrrole nitrogens is 1. The number of hydrogen-bond acceptors (Lipinski definition) is 8. The van der Waals surface area contributed by atoms with E-state index in [2.05, 4.69) is 50.0 Å². The largest absolute Gasteiger partial charge is 0.434 e. The number of carbonyl (C=O) groups excluding carboxylic acids is 1. The SMILES string of the molecule is CC1(C)CCC2(CC1)N[C@@H](C(=O)N[C@H]1CC[C@H](c3n[nH]c(=O)o3)CC1)[C@H](c1ccnc(Cl)c1F)[C@]21CNc2nc(Cl)ccc21. The third-order valence-corrected chi connectivity index (χ3v) is 11.3. The number of rotatable bonds is 4. The van der Waals surface area contributed by atoms with Gasteiger partial charge >= 0.3 is 5.76 Å². The molecule has 4 aliphatic rings. The van der Waals surface area contributed by atoms with E-state index in [-0.39, 0.29) is 28.4 Å². The van der Waals surface area contributed by atoms with Gasteiger partial charge in [-0.15, -0.1) is 5.10 Å². The first kappa shape index (κ1) is 29.7. The molecule has 7 rings (SSSR count). The van der Waals surface area contributed by atoms with E-state index in [0.717, 1.165) is 44.1 Å². The maximum atomic E-state index is 16.1. The molecule has 0 bridgehead atoms. The molecule has 5 heterocycles. The Hall–Kier alpha value is -3.02. The molecule has 2 spiro atoms. The molecule has 3 aromatic rings. The molecule has 2 aliphatic heterocycles. The monoisotopic (exact) mass is 643 g/mol. The maximum Gasteiger partial charge on any atom is 0.434 e. The molecule has 0 unspecified atom stereocenters. The Balaban J connectivity index is 1.27. The molecule has 0 aromatic carbocycles. The number of aromatic amines is 1. The molecule has 234 valence electrons. The summed E-state index contributed by atoms with van der Waals surface area (Å²) in [5.41, 5.74) is 0.220. The number of halogens is 3. The molecule has 44 heavy (non-hydrogen) atoms. The topological polar surface area (TPSA) is 138 Å². The van der Waals surface area contributed by atoms with E-state index in [9.17, 15) is 9.59 Å². The quantitative estimate of drug-likeness (QED) is 0.285. The fourth-order valence-corrected chi connectivity index (χ4v) is 8.83. The molecule has 3 fully saturated rings. The Labute approximate surface area is 264 Å². The van der Waals surface area contributed by atoms with Gasteiger partial charge in [-0.3, -0.25) is 10.1 Å². The Kier molecular flexibility index (Phi) is 7.29. The number of carbonyl (C=O) groups is 1. The number of pyridine rings is 2. The second-order valence-electron chi connectivity index (χ2n) is 13.7. The molecular formula is C31H36Cl2FN7O3. The number of fused-ring (bicyclic) bond motifs is 3. The summed E-state index contributed by atoms with van der Waals surface area (Å²) in [6.07, 6.45) is 7.89. The average Bonchev–Trinajstić information content (AvgIpc) is 3.68. The van der Waals surface area contributed by atoms with Gasteiger partial charge in [0.05, 0.1) is 6.04 Å². The second-order valence-corrected chi connectivity index (χ2v) is 14.5. The Bertz CT molecular complexity index is 1640. The summed E-state index contributed by atoms with van der Waals surface area (Å²) < 4.78 is 21.2. The second kappa shape index (κ2) is 10.8. The standard InChI is InChI=1S/C31H36Cl2FN7O3/c1-29(2)10-12-30(13-11-29)31(15-36-25-19(31)7-8-20(32)38-25)21(18-9-14-35-24(33)22(18)34)23(39-30)26(42)37-17-5-3-16(4-6-17)27-40-41-28(43)44-27/h7-9,14,16-17,21,23,39H,3-6,10-13,15H2,1-2H3,(H,36,38)(H,37,42)(H,41,43)/t16-,17-,21-,23+,31+/m0/s1. The van der Waals surface area contributed by atoms with Crippen molar-refractivity contribution in [3.8, 4) is 0 Å². The van der Waals surface area contributed by atoms with Crippen LogP contribution in [0.1, 0.15) is 94.1 Å². The van der Waals surface area contributed by atoms with Gasteiger partial charge in [0.2, 0.25) is 11.8 Å². The van der Waals surface area contributed by atoms with E-state index in [1.54, 1.807) is 12.1 Å². The van der Waals surface area contributed by atoms with Gasteiger partial charge in [-0.2, -0.15) is 0 Å². The predicted molar refractivity (Wildman–Crippen MR) is 164 cm³/mol. The van der Waals surface area contributed by atoms with Crippen LogP contribution in [0.3, 0.4) is 0 Å². The number of nitrogens with zero attached hydrogens (tertiary/aromatic N) is 3. The lowest BCUT2D eigenvalue weighted by Gasteiger charge is -2.51. The highest BCUT2D eigenvalue weighted by Crippen LogP contribution is 2.63. The molecule has 2 aliphatic carbocycles. The van der Waals surface area contributed by atoms with Gasteiger partial charge in [-0.05, 0) is 74.5 Å². The van der Waals surface area contributed by atoms with Crippen LogP contribution in [-0.4, -0.2) is 50.2 Å². The molecule has 3 aromatic heterocycles. The van der Waals surface area contributed by atoms with E-state index in [1.165, 1.54) is 6.20 Å². The molecule has 10 nitrogen and oxygen atoms in total. The fraction of sp³-hybridized carbons (Fsp3) is 0.581. The Morgan fingerprint density at radius 1 is 1.09 bits per heavy atom. The number of aromatic nitrogens is 4. The van der Waals surface area contributed by atoms with Gasteiger partial charge < -0.3 is 15.1 Å². The highest BCUT2D eigenvalue weighted by Gasteiger charge is 2.69. The van der Waals surface area contributed by atoms with Crippen LogP contribution < -0.4 is 21.7 Å². The van der Waals surface area contributed by atoms with Crippen molar-refractivity contribution in [3.63, 3.8) is 0 Å². The lowest BCUT2D eigenvalue weighted by Crippen LogP contribution is -2.60. The van der Waals surface area contributed by atoms with Gasteiger partial charge in [0.25, 0.3) is 0 Å². The summed E-state index contributed by atoms with van der Waals surface area (Å²) in [5, 5.41) is 17.1. The van der Waals surface area contributed by atoms with Crippen LogP contribution in [0, 0.1) is 11.2 Å². The normalized spacial score (nSPS) is 30.3. The van der Waals surface area contributed by atoms with E-state index in [1.807, 2.05) is 6.07 Å². The summed E-state index contributed by atoms with van der Waals surface area (Å²) in [5.74, 6) is -0.852. The molecule has 1 amide bonds. The van der Waals surface area contributed by atoms with Crippen LogP contribution in [0.5, 0.6) is 0 Å². The van der Waals surface area contributed by atoms with Crippen LogP contribution in [0.2, 0.25) is 10.3 Å². The van der Waals surface area contributed by atoms with Crippen molar-refractivity contribution in [2.24, 2.45) is 5.41 Å². The maximum absolute atomic E-state index is 16.1. The highest BCUT2D eigenvalue weighted by atomic mass is 35.5. The van der Waals surface area contributed by atoms with Crippen molar-refractivity contribution in [2.45, 2.75) is 100 Å². The summed E-state index contributed by atoms with van der Waals surface area (Å²) in [4.78, 5) is 34.5. The van der Waals surface area contributed by atoms with Crippen LogP contribution in [0.4, 0.5) is 10.2 Å². The van der Waals surface area contributed by atoms with Crippen molar-refractivity contribution in [2.75, 3.05) is 11.9 Å². The predicted octanol–water partition coefficient (Wildman–Crippen LogP) is 5.20.